The Labute approximate surface area is 185 Å². The molecule has 0 saturated carbocycles. The molecular weight excluding hydrogens is 414 g/mol. The number of amides is 1. The summed E-state index contributed by atoms with van der Waals surface area (Å²) in [6.07, 6.45) is 0.703. The molecule has 0 saturated heterocycles. The van der Waals surface area contributed by atoms with Crippen molar-refractivity contribution in [3.05, 3.63) is 95.3 Å². The van der Waals surface area contributed by atoms with E-state index in [1.54, 1.807) is 6.07 Å². The second-order valence-corrected chi connectivity index (χ2v) is 7.00. The van der Waals surface area contributed by atoms with Crippen LogP contribution in [-0.4, -0.2) is 29.9 Å². The van der Waals surface area contributed by atoms with Gasteiger partial charge in [0.15, 0.2) is 0 Å². The van der Waals surface area contributed by atoms with Crippen molar-refractivity contribution in [2.75, 3.05) is 18.5 Å². The molecule has 3 aromatic rings. The molecule has 3 rings (SSSR count). The van der Waals surface area contributed by atoms with Gasteiger partial charge in [0.2, 0.25) is 0 Å². The molecule has 2 aromatic carbocycles. The lowest BCUT2D eigenvalue weighted by Gasteiger charge is -2.19. The number of ether oxygens (including phenoxy) is 1. The van der Waals surface area contributed by atoms with Crippen molar-refractivity contribution in [3.63, 3.8) is 0 Å². The SMILES string of the molecule is CCN=C(N)CO[C@@H](Cc1cc(NC(=O)c2ccc(F)cn2)ccc1F)c1ccccc1. The van der Waals surface area contributed by atoms with Gasteiger partial charge in [-0.25, -0.2) is 13.8 Å². The highest BCUT2D eigenvalue weighted by Gasteiger charge is 2.17. The first-order chi connectivity index (χ1) is 15.5. The maximum absolute atomic E-state index is 14.6. The van der Waals surface area contributed by atoms with Crippen LogP contribution in [0.25, 0.3) is 0 Å². The number of halogens is 2. The summed E-state index contributed by atoms with van der Waals surface area (Å²) in [5.74, 6) is -1.13. The highest BCUT2D eigenvalue weighted by Crippen LogP contribution is 2.26. The van der Waals surface area contributed by atoms with Gasteiger partial charge >= 0.3 is 0 Å². The van der Waals surface area contributed by atoms with Gasteiger partial charge in [-0.3, -0.25) is 9.79 Å². The topological polar surface area (TPSA) is 89.6 Å². The van der Waals surface area contributed by atoms with Crippen LogP contribution in [0.5, 0.6) is 0 Å². The van der Waals surface area contributed by atoms with E-state index < -0.39 is 23.6 Å². The summed E-state index contributed by atoms with van der Waals surface area (Å²) in [5.41, 5.74) is 7.50. The molecule has 1 amide bonds. The lowest BCUT2D eigenvalue weighted by molar-refractivity contribution is 0.0807. The van der Waals surface area contributed by atoms with E-state index in [9.17, 15) is 13.6 Å². The van der Waals surface area contributed by atoms with Crippen molar-refractivity contribution in [1.29, 1.82) is 0 Å². The molecular formula is C24H24F2N4O2. The lowest BCUT2D eigenvalue weighted by Crippen LogP contribution is -2.22. The van der Waals surface area contributed by atoms with Crippen molar-refractivity contribution >= 4 is 17.4 Å². The number of benzene rings is 2. The van der Waals surface area contributed by atoms with Gasteiger partial charge in [0, 0.05) is 18.7 Å². The molecule has 1 atom stereocenters. The van der Waals surface area contributed by atoms with Crippen molar-refractivity contribution in [1.82, 2.24) is 4.98 Å². The minimum Gasteiger partial charge on any atom is -0.386 e. The molecule has 8 heteroatoms. The van der Waals surface area contributed by atoms with Crippen LogP contribution in [0.3, 0.4) is 0 Å². The van der Waals surface area contributed by atoms with Crippen molar-refractivity contribution < 1.29 is 18.3 Å². The van der Waals surface area contributed by atoms with E-state index in [1.165, 1.54) is 18.2 Å². The number of nitrogens with two attached hydrogens (primary N) is 1. The number of hydrogen-bond donors (Lipinski definition) is 2. The van der Waals surface area contributed by atoms with E-state index >= 15 is 0 Å². The van der Waals surface area contributed by atoms with Crippen molar-refractivity contribution in [3.8, 4) is 0 Å². The fourth-order valence-electron chi connectivity index (χ4n) is 3.09. The summed E-state index contributed by atoms with van der Waals surface area (Å²) in [6.45, 7) is 2.53. The van der Waals surface area contributed by atoms with Gasteiger partial charge in [-0.2, -0.15) is 0 Å². The quantitative estimate of drug-likeness (QED) is 0.385. The average Bonchev–Trinajstić information content (AvgIpc) is 2.79. The molecule has 32 heavy (non-hydrogen) atoms. The van der Waals surface area contributed by atoms with Gasteiger partial charge in [-0.05, 0) is 48.4 Å². The molecule has 0 bridgehead atoms. The molecule has 1 heterocycles. The number of pyridine rings is 1. The summed E-state index contributed by atoms with van der Waals surface area (Å²) >= 11 is 0. The summed E-state index contributed by atoms with van der Waals surface area (Å²) in [7, 11) is 0. The van der Waals surface area contributed by atoms with Gasteiger partial charge in [-0.15, -0.1) is 0 Å². The Hall–Kier alpha value is -3.65. The first-order valence-corrected chi connectivity index (χ1v) is 10.1. The van der Waals surface area contributed by atoms with Crippen molar-refractivity contribution in [2.45, 2.75) is 19.4 Å². The standard InChI is InChI=1S/C24H24F2N4O2/c1-2-28-23(27)15-32-22(16-6-4-3-5-7-16)13-17-12-19(9-10-20(17)26)30-24(31)21-11-8-18(25)14-29-21/h3-12,14,22H,2,13,15H2,1H3,(H2,27,28)(H,30,31)/t22-/m0/s1. The molecule has 166 valence electrons. The van der Waals surface area contributed by atoms with E-state index in [1.807, 2.05) is 37.3 Å². The first-order valence-electron chi connectivity index (χ1n) is 10.1. The second kappa shape index (κ2) is 11.1. The predicted octanol–water partition coefficient (Wildman–Crippen LogP) is 4.29. The number of aromatic nitrogens is 1. The molecule has 0 spiro atoms. The second-order valence-electron chi connectivity index (χ2n) is 7.00. The molecule has 1 aromatic heterocycles. The monoisotopic (exact) mass is 438 g/mol. The number of nitrogens with zero attached hydrogens (tertiary/aromatic N) is 2. The number of carbonyl (C=O) groups is 1. The van der Waals surface area contributed by atoms with E-state index in [4.69, 9.17) is 10.5 Å². The summed E-state index contributed by atoms with van der Waals surface area (Å²) in [6, 6.07) is 16.1. The van der Waals surface area contributed by atoms with E-state index in [0.717, 1.165) is 17.8 Å². The fourth-order valence-corrected chi connectivity index (χ4v) is 3.09. The number of amidine groups is 1. The van der Waals surface area contributed by atoms with Crippen LogP contribution in [0, 0.1) is 11.6 Å². The maximum Gasteiger partial charge on any atom is 0.274 e. The predicted molar refractivity (Wildman–Crippen MR) is 120 cm³/mol. The van der Waals surface area contributed by atoms with Gasteiger partial charge in [-0.1, -0.05) is 30.3 Å². The van der Waals surface area contributed by atoms with E-state index in [2.05, 4.69) is 15.3 Å². The van der Waals surface area contributed by atoms with E-state index in [-0.39, 0.29) is 18.7 Å². The molecule has 0 radical (unpaired) electrons. The third kappa shape index (κ3) is 6.42. The van der Waals surface area contributed by atoms with Crippen molar-refractivity contribution in [2.24, 2.45) is 10.7 Å². The Morgan fingerprint density at radius 3 is 2.62 bits per heavy atom. The van der Waals surface area contributed by atoms with Crippen LogP contribution in [0.15, 0.2) is 71.9 Å². The number of nitrogens with one attached hydrogen (secondary N) is 1. The number of hydrogen-bond acceptors (Lipinski definition) is 4. The first kappa shape index (κ1) is 23.0. The normalized spacial score (nSPS) is 12.4. The highest BCUT2D eigenvalue weighted by atomic mass is 19.1. The van der Waals surface area contributed by atoms with Crippen LogP contribution in [0.4, 0.5) is 14.5 Å². The van der Waals surface area contributed by atoms with Gasteiger partial charge in [0.25, 0.3) is 5.91 Å². The molecule has 3 N–H and O–H groups in total. The zero-order valence-corrected chi connectivity index (χ0v) is 17.6. The Morgan fingerprint density at radius 2 is 1.94 bits per heavy atom. The molecule has 0 unspecified atom stereocenters. The van der Waals surface area contributed by atoms with Crippen LogP contribution < -0.4 is 11.1 Å². The summed E-state index contributed by atoms with van der Waals surface area (Å²) in [5, 5.41) is 2.65. The highest BCUT2D eigenvalue weighted by molar-refractivity contribution is 6.02. The van der Waals surface area contributed by atoms with Gasteiger partial charge in [0.05, 0.1) is 12.3 Å². The zero-order valence-electron chi connectivity index (χ0n) is 17.6. The minimum absolute atomic E-state index is 0.0495. The number of carbonyl (C=O) groups excluding carboxylic acids is 1. The van der Waals surface area contributed by atoms with Crippen LogP contribution in [0.2, 0.25) is 0 Å². The number of aliphatic imine (C=N–C) groups is 1. The minimum atomic E-state index is -0.540. The average molecular weight is 438 g/mol. The van der Waals surface area contributed by atoms with Crippen LogP contribution in [-0.2, 0) is 11.2 Å². The Kier molecular flexibility index (Phi) is 7.99. The fraction of sp³-hybridized carbons (Fsp3) is 0.208. The molecule has 0 fully saturated rings. The molecule has 0 aliphatic heterocycles. The third-order valence-electron chi connectivity index (χ3n) is 4.63. The largest absolute Gasteiger partial charge is 0.386 e. The summed E-state index contributed by atoms with van der Waals surface area (Å²) < 4.78 is 33.6. The Balaban J connectivity index is 1.79. The summed E-state index contributed by atoms with van der Waals surface area (Å²) in [4.78, 5) is 20.2. The van der Waals surface area contributed by atoms with Crippen LogP contribution >= 0.6 is 0 Å². The smallest absolute Gasteiger partial charge is 0.274 e. The molecule has 0 aliphatic carbocycles. The molecule has 6 nitrogen and oxygen atoms in total. The van der Waals surface area contributed by atoms with Crippen LogP contribution in [0.1, 0.15) is 34.6 Å². The zero-order chi connectivity index (χ0) is 22.9. The Bertz CT molecular complexity index is 1070. The number of rotatable bonds is 9. The maximum atomic E-state index is 14.6. The number of anilines is 1. The molecule has 0 aliphatic rings. The van der Waals surface area contributed by atoms with Gasteiger partial charge in [0.1, 0.15) is 29.8 Å². The Morgan fingerprint density at radius 1 is 1.16 bits per heavy atom. The third-order valence-corrected chi connectivity index (χ3v) is 4.63. The lowest BCUT2D eigenvalue weighted by atomic mass is 10.0. The van der Waals surface area contributed by atoms with Gasteiger partial charge < -0.3 is 15.8 Å². The van der Waals surface area contributed by atoms with E-state index in [0.29, 0.717) is 23.6 Å².